The Morgan fingerprint density at radius 3 is 2.80 bits per heavy atom. The molecule has 2 rings (SSSR count). The SMILES string of the molecule is CC1CCS(=O)C2CC(C)(C)CCC2N1. The lowest BCUT2D eigenvalue weighted by molar-refractivity contribution is 0.207. The predicted octanol–water partition coefficient (Wildman–Crippen LogP) is 2.06. The normalized spacial score (nSPS) is 45.5. The molecular formula is C12H23NOS. The van der Waals surface area contributed by atoms with Crippen molar-refractivity contribution >= 4 is 10.8 Å². The van der Waals surface area contributed by atoms with Crippen molar-refractivity contribution in [1.82, 2.24) is 5.32 Å². The summed E-state index contributed by atoms with van der Waals surface area (Å²) in [7, 11) is -0.604. The fourth-order valence-electron chi connectivity index (χ4n) is 2.88. The van der Waals surface area contributed by atoms with Gasteiger partial charge in [-0.25, -0.2) is 0 Å². The zero-order valence-corrected chi connectivity index (χ0v) is 10.9. The second-order valence-electron chi connectivity index (χ2n) is 5.99. The lowest BCUT2D eigenvalue weighted by Gasteiger charge is -2.40. The molecule has 0 spiro atoms. The first-order chi connectivity index (χ1) is 6.98. The Morgan fingerprint density at radius 2 is 2.07 bits per heavy atom. The van der Waals surface area contributed by atoms with Crippen molar-refractivity contribution in [2.45, 2.75) is 63.8 Å². The third-order valence-corrected chi connectivity index (χ3v) is 5.73. The van der Waals surface area contributed by atoms with Crippen molar-refractivity contribution in [3.63, 3.8) is 0 Å². The molecule has 4 atom stereocenters. The molecule has 4 unspecified atom stereocenters. The maximum Gasteiger partial charge on any atom is 0.0506 e. The Kier molecular flexibility index (Phi) is 3.22. The average molecular weight is 229 g/mol. The van der Waals surface area contributed by atoms with Crippen molar-refractivity contribution in [3.05, 3.63) is 0 Å². The highest BCUT2D eigenvalue weighted by Crippen LogP contribution is 2.38. The fourth-order valence-corrected chi connectivity index (χ4v) is 4.99. The Hall–Kier alpha value is 0.110. The molecule has 2 fully saturated rings. The van der Waals surface area contributed by atoms with Crippen LogP contribution in [0, 0.1) is 5.41 Å². The third kappa shape index (κ3) is 2.62. The van der Waals surface area contributed by atoms with Crippen molar-refractivity contribution in [2.24, 2.45) is 5.41 Å². The van der Waals surface area contributed by atoms with Crippen LogP contribution in [0.15, 0.2) is 0 Å². The van der Waals surface area contributed by atoms with Gasteiger partial charge in [0.1, 0.15) is 0 Å². The Morgan fingerprint density at radius 1 is 1.33 bits per heavy atom. The highest BCUT2D eigenvalue weighted by atomic mass is 32.2. The minimum atomic E-state index is -0.604. The van der Waals surface area contributed by atoms with Crippen molar-refractivity contribution in [3.8, 4) is 0 Å². The zero-order chi connectivity index (χ0) is 11.1. The molecule has 2 aliphatic rings. The molecule has 1 heterocycles. The van der Waals surface area contributed by atoms with Crippen LogP contribution in [0.1, 0.15) is 46.5 Å². The molecule has 3 heteroatoms. The number of nitrogens with one attached hydrogen (secondary N) is 1. The van der Waals surface area contributed by atoms with Crippen LogP contribution in [0.2, 0.25) is 0 Å². The molecule has 0 aromatic rings. The third-order valence-electron chi connectivity index (χ3n) is 3.92. The predicted molar refractivity (Wildman–Crippen MR) is 65.4 cm³/mol. The Labute approximate surface area is 95.7 Å². The van der Waals surface area contributed by atoms with Gasteiger partial charge in [0.15, 0.2) is 0 Å². The molecule has 0 radical (unpaired) electrons. The van der Waals surface area contributed by atoms with Crippen LogP contribution in [0.25, 0.3) is 0 Å². The summed E-state index contributed by atoms with van der Waals surface area (Å²) in [5.74, 6) is 0.894. The van der Waals surface area contributed by atoms with Gasteiger partial charge < -0.3 is 5.32 Å². The van der Waals surface area contributed by atoms with E-state index in [4.69, 9.17) is 0 Å². The first kappa shape index (κ1) is 11.6. The molecule has 1 aliphatic heterocycles. The summed E-state index contributed by atoms with van der Waals surface area (Å²) < 4.78 is 12.2. The summed E-state index contributed by atoms with van der Waals surface area (Å²) in [5, 5.41) is 4.06. The molecule has 15 heavy (non-hydrogen) atoms. The summed E-state index contributed by atoms with van der Waals surface area (Å²) in [6.45, 7) is 6.85. The first-order valence-corrected chi connectivity index (χ1v) is 7.49. The Balaban J connectivity index is 2.13. The molecular weight excluding hydrogens is 206 g/mol. The molecule has 0 aromatic carbocycles. The van der Waals surface area contributed by atoms with Gasteiger partial charge in [-0.3, -0.25) is 4.21 Å². The second-order valence-corrected chi connectivity index (χ2v) is 7.77. The minimum absolute atomic E-state index is 0.395. The van der Waals surface area contributed by atoms with Gasteiger partial charge in [0.05, 0.1) is 5.25 Å². The maximum absolute atomic E-state index is 12.2. The molecule has 1 saturated carbocycles. The van der Waals surface area contributed by atoms with Gasteiger partial charge >= 0.3 is 0 Å². The van der Waals surface area contributed by atoms with Crippen LogP contribution in [0.3, 0.4) is 0 Å². The lowest BCUT2D eigenvalue weighted by atomic mass is 9.75. The topological polar surface area (TPSA) is 29.1 Å². The van der Waals surface area contributed by atoms with E-state index >= 15 is 0 Å². The van der Waals surface area contributed by atoms with Gasteiger partial charge in [0.25, 0.3) is 0 Å². The van der Waals surface area contributed by atoms with Crippen LogP contribution >= 0.6 is 0 Å². The molecule has 1 saturated heterocycles. The second kappa shape index (κ2) is 4.17. The van der Waals surface area contributed by atoms with E-state index in [0.717, 1.165) is 18.6 Å². The summed E-state index contributed by atoms with van der Waals surface area (Å²) in [5.41, 5.74) is 0.395. The number of fused-ring (bicyclic) bond motifs is 1. The van der Waals surface area contributed by atoms with Gasteiger partial charge in [0, 0.05) is 28.6 Å². The molecule has 1 aliphatic carbocycles. The number of hydrogen-bond donors (Lipinski definition) is 1. The molecule has 0 bridgehead atoms. The molecule has 88 valence electrons. The molecule has 2 nitrogen and oxygen atoms in total. The van der Waals surface area contributed by atoms with Gasteiger partial charge in [-0.2, -0.15) is 0 Å². The van der Waals surface area contributed by atoms with E-state index < -0.39 is 10.8 Å². The monoisotopic (exact) mass is 229 g/mol. The highest BCUT2D eigenvalue weighted by Gasteiger charge is 2.39. The first-order valence-electron chi connectivity index (χ1n) is 6.11. The van der Waals surface area contributed by atoms with Gasteiger partial charge in [-0.15, -0.1) is 0 Å². The van der Waals surface area contributed by atoms with Crippen molar-refractivity contribution in [1.29, 1.82) is 0 Å². The van der Waals surface area contributed by atoms with Crippen molar-refractivity contribution in [2.75, 3.05) is 5.75 Å². The molecule has 1 N–H and O–H groups in total. The van der Waals surface area contributed by atoms with Crippen LogP contribution in [-0.2, 0) is 10.8 Å². The van der Waals surface area contributed by atoms with Crippen LogP contribution < -0.4 is 5.32 Å². The zero-order valence-electron chi connectivity index (χ0n) is 10.1. The van der Waals surface area contributed by atoms with E-state index in [1.807, 2.05) is 0 Å². The van der Waals surface area contributed by atoms with E-state index in [1.165, 1.54) is 12.8 Å². The van der Waals surface area contributed by atoms with E-state index in [-0.39, 0.29) is 0 Å². The summed E-state index contributed by atoms with van der Waals surface area (Å²) >= 11 is 0. The van der Waals surface area contributed by atoms with Gasteiger partial charge in [0.2, 0.25) is 0 Å². The Bertz CT molecular complexity index is 264. The standard InChI is InChI=1S/C12H23NOS/c1-9-5-7-15(14)11-8-12(2,3)6-4-10(11)13-9/h9-11,13H,4-8H2,1-3H3. The largest absolute Gasteiger partial charge is 0.310 e. The molecule has 0 aromatic heterocycles. The lowest BCUT2D eigenvalue weighted by Crippen LogP contribution is -2.48. The number of rotatable bonds is 0. The van der Waals surface area contributed by atoms with Gasteiger partial charge in [-0.05, 0) is 38.0 Å². The quantitative estimate of drug-likeness (QED) is 0.689. The summed E-state index contributed by atoms with van der Waals surface area (Å²) in [6, 6.07) is 1.06. The van der Waals surface area contributed by atoms with E-state index in [0.29, 0.717) is 22.7 Å². The average Bonchev–Trinajstić information content (AvgIpc) is 2.28. The molecule has 0 amide bonds. The fraction of sp³-hybridized carbons (Fsp3) is 1.00. The van der Waals surface area contributed by atoms with Crippen LogP contribution in [0.4, 0.5) is 0 Å². The summed E-state index contributed by atoms with van der Waals surface area (Å²) in [6.07, 6.45) is 4.67. The van der Waals surface area contributed by atoms with E-state index in [9.17, 15) is 4.21 Å². The summed E-state index contributed by atoms with van der Waals surface area (Å²) in [4.78, 5) is 0. The van der Waals surface area contributed by atoms with E-state index in [1.54, 1.807) is 0 Å². The van der Waals surface area contributed by atoms with Crippen LogP contribution in [-0.4, -0.2) is 27.3 Å². The minimum Gasteiger partial charge on any atom is -0.310 e. The van der Waals surface area contributed by atoms with Crippen LogP contribution in [0.5, 0.6) is 0 Å². The van der Waals surface area contributed by atoms with E-state index in [2.05, 4.69) is 26.1 Å². The number of hydrogen-bond acceptors (Lipinski definition) is 2. The van der Waals surface area contributed by atoms with Crippen molar-refractivity contribution < 1.29 is 4.21 Å². The van der Waals surface area contributed by atoms with Gasteiger partial charge in [-0.1, -0.05) is 13.8 Å². The highest BCUT2D eigenvalue weighted by molar-refractivity contribution is 7.85. The smallest absolute Gasteiger partial charge is 0.0506 e. The maximum atomic E-state index is 12.2.